The van der Waals surface area contributed by atoms with Crippen LogP contribution in [0.1, 0.15) is 54.9 Å². The van der Waals surface area contributed by atoms with Gasteiger partial charge < -0.3 is 14.8 Å². The van der Waals surface area contributed by atoms with Gasteiger partial charge in [-0.15, -0.1) is 0 Å². The number of halogens is 5. The third-order valence-corrected chi connectivity index (χ3v) is 7.80. The summed E-state index contributed by atoms with van der Waals surface area (Å²) in [6.07, 6.45) is 5.05. The van der Waals surface area contributed by atoms with E-state index in [1.165, 1.54) is 0 Å². The molecule has 1 heterocycles. The molecule has 0 spiro atoms. The fourth-order valence-corrected chi connectivity index (χ4v) is 5.31. The average Bonchev–Trinajstić information content (AvgIpc) is 3.29. The molecule has 3 rings (SSSR count). The maximum atomic E-state index is 12.9. The van der Waals surface area contributed by atoms with Crippen LogP contribution in [0.2, 0.25) is 0 Å². The molecule has 12 heteroatoms. The van der Waals surface area contributed by atoms with Crippen LogP contribution >= 0.6 is 10.2 Å². The third-order valence-electron chi connectivity index (χ3n) is 6.64. The molecule has 1 N–H and O–H groups in total. The second kappa shape index (κ2) is 11.8. The molecule has 0 saturated heterocycles. The number of nitrogens with zero attached hydrogens (tertiary/aromatic N) is 2. The van der Waals surface area contributed by atoms with E-state index in [0.717, 1.165) is 41.4 Å². The summed E-state index contributed by atoms with van der Waals surface area (Å²) >= 11 is 0. The topological polar surface area (TPSA) is 65.4 Å². The van der Waals surface area contributed by atoms with E-state index in [-0.39, 0.29) is 35.8 Å². The predicted molar refractivity (Wildman–Crippen MR) is 150 cm³/mol. The minimum atomic E-state index is -9.76. The molecule has 222 valence electrons. The van der Waals surface area contributed by atoms with Crippen molar-refractivity contribution in [2.24, 2.45) is 5.92 Å². The maximum Gasteiger partial charge on any atom is 0.310 e. The molecule has 0 amide bonds. The number of benzene rings is 2. The van der Waals surface area contributed by atoms with Gasteiger partial charge in [0.25, 0.3) is 0 Å². The van der Waals surface area contributed by atoms with Crippen LogP contribution in [-0.4, -0.2) is 42.9 Å². The van der Waals surface area contributed by atoms with Crippen LogP contribution in [0.25, 0.3) is 16.6 Å². The lowest BCUT2D eigenvalue weighted by Gasteiger charge is -2.40. The van der Waals surface area contributed by atoms with Crippen molar-refractivity contribution in [3.63, 3.8) is 0 Å². The SMILES string of the molecule is C=C(NCCOC)c1ccc2nn(CC(CCC)CCCC(=O)c3ccc(S(F)(F)(F)(F)F)cc3)cc2c1OC. The van der Waals surface area contributed by atoms with Crippen molar-refractivity contribution in [3.8, 4) is 5.75 Å². The molecule has 0 radical (unpaired) electrons. The van der Waals surface area contributed by atoms with E-state index < -0.39 is 15.1 Å². The van der Waals surface area contributed by atoms with Crippen LogP contribution < -0.4 is 10.1 Å². The van der Waals surface area contributed by atoms with Crippen molar-refractivity contribution >= 4 is 32.6 Å². The molecule has 6 nitrogen and oxygen atoms in total. The van der Waals surface area contributed by atoms with Gasteiger partial charge >= 0.3 is 10.2 Å². The van der Waals surface area contributed by atoms with Gasteiger partial charge in [0.2, 0.25) is 0 Å². The number of hydrogen-bond acceptors (Lipinski definition) is 5. The quantitative estimate of drug-likeness (QED) is 0.103. The smallest absolute Gasteiger partial charge is 0.310 e. The van der Waals surface area contributed by atoms with Crippen LogP contribution in [0.3, 0.4) is 0 Å². The first-order chi connectivity index (χ1) is 18.7. The van der Waals surface area contributed by atoms with E-state index in [2.05, 4.69) is 18.8 Å². The van der Waals surface area contributed by atoms with Crippen molar-refractivity contribution in [2.45, 2.75) is 50.5 Å². The van der Waals surface area contributed by atoms with Gasteiger partial charge in [-0.2, -0.15) is 5.10 Å². The fraction of sp³-hybridized carbons (Fsp3) is 0.429. The monoisotopic (exact) mass is 589 g/mol. The highest BCUT2D eigenvalue weighted by atomic mass is 32.5. The number of ketones is 1. The lowest BCUT2D eigenvalue weighted by molar-refractivity contribution is 0.0976. The van der Waals surface area contributed by atoms with Crippen molar-refractivity contribution in [2.75, 3.05) is 27.4 Å². The van der Waals surface area contributed by atoms with Gasteiger partial charge in [0.05, 0.1) is 24.6 Å². The molecule has 0 saturated carbocycles. The van der Waals surface area contributed by atoms with Gasteiger partial charge in [-0.3, -0.25) is 9.48 Å². The Morgan fingerprint density at radius 3 is 2.38 bits per heavy atom. The Balaban J connectivity index is 1.65. The van der Waals surface area contributed by atoms with Gasteiger partial charge in [0.15, 0.2) is 5.78 Å². The van der Waals surface area contributed by atoms with Crippen LogP contribution in [0.15, 0.2) is 54.1 Å². The van der Waals surface area contributed by atoms with Gasteiger partial charge in [-0.25, -0.2) is 0 Å². The summed E-state index contributed by atoms with van der Waals surface area (Å²) in [7, 11) is -6.54. The average molecular weight is 590 g/mol. The number of fused-ring (bicyclic) bond motifs is 1. The summed E-state index contributed by atoms with van der Waals surface area (Å²) in [5.74, 6) is 0.483. The summed E-state index contributed by atoms with van der Waals surface area (Å²) < 4.78 is 77.3. The van der Waals surface area contributed by atoms with E-state index in [9.17, 15) is 24.2 Å². The summed E-state index contributed by atoms with van der Waals surface area (Å²) in [6.45, 7) is 7.92. The largest absolute Gasteiger partial charge is 0.495 e. The second-order valence-corrected chi connectivity index (χ2v) is 12.2. The van der Waals surface area contributed by atoms with Crippen molar-refractivity contribution in [1.29, 1.82) is 0 Å². The fourth-order valence-electron chi connectivity index (χ4n) is 4.66. The Hall–Kier alpha value is -3.12. The number of hydrogen-bond donors (Lipinski definition) is 1. The maximum absolute atomic E-state index is 12.9. The molecule has 1 aromatic heterocycles. The number of carbonyl (C=O) groups is 1. The van der Waals surface area contributed by atoms with Crippen molar-refractivity contribution in [3.05, 3.63) is 60.3 Å². The Morgan fingerprint density at radius 2 is 1.77 bits per heavy atom. The molecule has 0 aliphatic carbocycles. The van der Waals surface area contributed by atoms with Crippen molar-refractivity contribution < 1.29 is 33.7 Å². The van der Waals surface area contributed by atoms with Crippen LogP contribution in [0.4, 0.5) is 19.4 Å². The molecule has 0 aliphatic heterocycles. The molecule has 0 aliphatic rings. The Morgan fingerprint density at radius 1 is 1.07 bits per heavy atom. The number of nitrogens with one attached hydrogen (secondary N) is 1. The minimum Gasteiger partial charge on any atom is -0.495 e. The Bertz CT molecular complexity index is 1340. The summed E-state index contributed by atoms with van der Waals surface area (Å²) in [6, 6.07) is 6.00. The summed E-state index contributed by atoms with van der Waals surface area (Å²) in [4.78, 5) is 10.5. The van der Waals surface area contributed by atoms with Crippen LogP contribution in [0.5, 0.6) is 5.75 Å². The molecule has 1 unspecified atom stereocenters. The lowest BCUT2D eigenvalue weighted by atomic mass is 9.95. The summed E-state index contributed by atoms with van der Waals surface area (Å²) in [5, 5.41) is 8.76. The Labute approximate surface area is 231 Å². The van der Waals surface area contributed by atoms with E-state index >= 15 is 0 Å². The van der Waals surface area contributed by atoms with E-state index in [4.69, 9.17) is 14.6 Å². The van der Waals surface area contributed by atoms with Gasteiger partial charge in [0, 0.05) is 49.6 Å². The van der Waals surface area contributed by atoms with Gasteiger partial charge in [-0.1, -0.05) is 39.4 Å². The first-order valence-electron chi connectivity index (χ1n) is 13.0. The predicted octanol–water partition coefficient (Wildman–Crippen LogP) is 8.38. The number of carbonyl (C=O) groups excluding carboxylic acids is 1. The standard InChI is InChI=1S/C28H36F5N3O3S/c1-5-7-21(8-6-9-27(37)22-10-12-23(13-11-22)40(29,30,31,32)33)18-36-19-25-26(35-36)15-14-24(28(25)39-4)20(2)34-16-17-38-3/h10-15,19,21,34H,2,5-9,16-18H2,1,3-4H3. The Kier molecular flexibility index (Phi) is 9.25. The van der Waals surface area contributed by atoms with E-state index in [1.54, 1.807) is 14.2 Å². The third kappa shape index (κ3) is 8.20. The van der Waals surface area contributed by atoms with Crippen LogP contribution in [-0.2, 0) is 11.3 Å². The number of rotatable bonds is 16. The summed E-state index contributed by atoms with van der Waals surface area (Å²) in [5.41, 5.74) is 2.28. The zero-order valence-corrected chi connectivity index (χ0v) is 23.7. The number of ether oxygens (including phenoxy) is 2. The highest BCUT2D eigenvalue weighted by Gasteiger charge is 2.65. The first kappa shape index (κ1) is 31.4. The number of aromatic nitrogens is 2. The lowest BCUT2D eigenvalue weighted by Crippen LogP contribution is -2.17. The highest BCUT2D eigenvalue weighted by molar-refractivity contribution is 8.45. The molecule has 0 fully saturated rings. The zero-order chi connectivity index (χ0) is 29.6. The van der Waals surface area contributed by atoms with Crippen molar-refractivity contribution in [1.82, 2.24) is 15.1 Å². The first-order valence-corrected chi connectivity index (χ1v) is 15.0. The molecular formula is C28H36F5N3O3S. The minimum absolute atomic E-state index is 0.0165. The zero-order valence-electron chi connectivity index (χ0n) is 22.9. The van der Waals surface area contributed by atoms with Gasteiger partial charge in [-0.05, 0) is 61.6 Å². The molecular weight excluding hydrogens is 553 g/mol. The van der Waals surface area contributed by atoms with Crippen LogP contribution in [0, 0.1) is 5.92 Å². The number of methoxy groups -OCH3 is 2. The van der Waals surface area contributed by atoms with E-state index in [1.807, 2.05) is 23.0 Å². The molecule has 0 bridgehead atoms. The number of Topliss-reactive ketones (excluding diaryl/α,β-unsaturated/α-hetero) is 1. The molecule has 1 atom stereocenters. The highest BCUT2D eigenvalue weighted by Crippen LogP contribution is 3.02. The van der Waals surface area contributed by atoms with E-state index in [0.29, 0.717) is 44.0 Å². The molecule has 2 aromatic carbocycles. The second-order valence-electron chi connectivity index (χ2n) is 9.79. The molecule has 40 heavy (non-hydrogen) atoms. The molecule has 3 aromatic rings. The normalized spacial score (nSPS) is 14.4. The van der Waals surface area contributed by atoms with Gasteiger partial charge in [0.1, 0.15) is 10.6 Å².